The second kappa shape index (κ2) is 6.63. The van der Waals surface area contributed by atoms with Crippen LogP contribution in [0.3, 0.4) is 0 Å². The Labute approximate surface area is 77.6 Å². The van der Waals surface area contributed by atoms with Gasteiger partial charge in [0.15, 0.2) is 8.32 Å². The lowest BCUT2D eigenvalue weighted by atomic mass is 10.5. The average molecular weight is 189 g/mol. The smallest absolute Gasteiger partial charge is 0.192 e. The maximum atomic E-state index is 5.91. The van der Waals surface area contributed by atoms with Gasteiger partial charge in [0.05, 0.1) is 0 Å². The van der Waals surface area contributed by atoms with Crippen molar-refractivity contribution in [1.29, 1.82) is 0 Å². The van der Waals surface area contributed by atoms with Crippen LogP contribution in [0.1, 0.15) is 27.2 Å². The van der Waals surface area contributed by atoms with Gasteiger partial charge in [0, 0.05) is 6.61 Å². The molecule has 0 aliphatic heterocycles. The second-order valence-corrected chi connectivity index (χ2v) is 7.78. The minimum atomic E-state index is -1.34. The van der Waals surface area contributed by atoms with Gasteiger partial charge in [-0.25, -0.2) is 0 Å². The molecule has 0 aliphatic carbocycles. The molecule has 0 aromatic heterocycles. The van der Waals surface area contributed by atoms with Crippen LogP contribution in [0.25, 0.3) is 0 Å². The van der Waals surface area contributed by atoms with Gasteiger partial charge in [0.2, 0.25) is 0 Å². The quantitative estimate of drug-likeness (QED) is 0.624. The summed E-state index contributed by atoms with van der Waals surface area (Å²) in [7, 11) is -1.34. The highest BCUT2D eigenvalue weighted by molar-refractivity contribution is 6.73. The molecule has 0 spiro atoms. The standard InChI is InChI=1S/C9H23NOSi/c1-4-11-12(5-2,6-3)9-7-8-10/h4-10H2,1-3H3. The van der Waals surface area contributed by atoms with Crippen molar-refractivity contribution in [3.63, 3.8) is 0 Å². The molecule has 0 atom stereocenters. The molecular weight excluding hydrogens is 166 g/mol. The van der Waals surface area contributed by atoms with Gasteiger partial charge in [-0.2, -0.15) is 0 Å². The van der Waals surface area contributed by atoms with Gasteiger partial charge in [-0.05, 0) is 38.0 Å². The van der Waals surface area contributed by atoms with Crippen LogP contribution < -0.4 is 5.73 Å². The Hall–Kier alpha value is 0.137. The van der Waals surface area contributed by atoms with Crippen LogP contribution in [-0.4, -0.2) is 21.5 Å². The third-order valence-electron chi connectivity index (χ3n) is 2.58. The largest absolute Gasteiger partial charge is 0.417 e. The zero-order chi connectivity index (χ0) is 9.45. The molecule has 0 aromatic rings. The monoisotopic (exact) mass is 189 g/mol. The van der Waals surface area contributed by atoms with Gasteiger partial charge in [-0.15, -0.1) is 0 Å². The van der Waals surface area contributed by atoms with Crippen LogP contribution in [-0.2, 0) is 4.43 Å². The van der Waals surface area contributed by atoms with E-state index in [1.54, 1.807) is 0 Å². The van der Waals surface area contributed by atoms with Crippen LogP contribution >= 0.6 is 0 Å². The van der Waals surface area contributed by atoms with Crippen LogP contribution in [0.2, 0.25) is 18.1 Å². The number of hydrogen-bond acceptors (Lipinski definition) is 2. The molecule has 0 fully saturated rings. The van der Waals surface area contributed by atoms with Crippen molar-refractivity contribution in [2.24, 2.45) is 5.73 Å². The van der Waals surface area contributed by atoms with Crippen LogP contribution in [0.4, 0.5) is 0 Å². The maximum Gasteiger partial charge on any atom is 0.192 e. The normalized spacial score (nSPS) is 12.0. The summed E-state index contributed by atoms with van der Waals surface area (Å²) in [5.74, 6) is 0. The topological polar surface area (TPSA) is 35.2 Å². The minimum Gasteiger partial charge on any atom is -0.417 e. The molecule has 0 unspecified atom stereocenters. The molecular formula is C9H23NOSi. The summed E-state index contributed by atoms with van der Waals surface area (Å²) in [6, 6.07) is 3.71. The van der Waals surface area contributed by atoms with E-state index < -0.39 is 8.32 Å². The zero-order valence-electron chi connectivity index (χ0n) is 8.73. The van der Waals surface area contributed by atoms with Gasteiger partial charge in [-0.1, -0.05) is 13.8 Å². The van der Waals surface area contributed by atoms with E-state index in [9.17, 15) is 0 Å². The Kier molecular flexibility index (Phi) is 6.71. The molecule has 3 heteroatoms. The van der Waals surface area contributed by atoms with E-state index in [2.05, 4.69) is 20.8 Å². The molecule has 74 valence electrons. The van der Waals surface area contributed by atoms with Crippen molar-refractivity contribution in [2.45, 2.75) is 45.3 Å². The first-order chi connectivity index (χ1) is 5.74. The Morgan fingerprint density at radius 2 is 1.75 bits per heavy atom. The van der Waals surface area contributed by atoms with E-state index in [4.69, 9.17) is 10.2 Å². The van der Waals surface area contributed by atoms with Crippen LogP contribution in [0, 0.1) is 0 Å². The molecule has 0 radical (unpaired) electrons. The average Bonchev–Trinajstić information content (AvgIpc) is 2.13. The van der Waals surface area contributed by atoms with E-state index in [0.717, 1.165) is 19.6 Å². The number of hydrogen-bond donors (Lipinski definition) is 1. The van der Waals surface area contributed by atoms with Crippen molar-refractivity contribution in [2.75, 3.05) is 13.2 Å². The van der Waals surface area contributed by atoms with E-state index >= 15 is 0 Å². The third-order valence-corrected chi connectivity index (χ3v) is 7.32. The molecule has 12 heavy (non-hydrogen) atoms. The highest BCUT2D eigenvalue weighted by atomic mass is 28.4. The molecule has 0 rings (SSSR count). The highest BCUT2D eigenvalue weighted by Crippen LogP contribution is 2.23. The van der Waals surface area contributed by atoms with Gasteiger partial charge >= 0.3 is 0 Å². The lowest BCUT2D eigenvalue weighted by molar-refractivity contribution is 0.319. The number of rotatable bonds is 7. The first-order valence-corrected chi connectivity index (χ1v) is 7.61. The van der Waals surface area contributed by atoms with Gasteiger partial charge < -0.3 is 10.2 Å². The molecule has 0 bridgehead atoms. The summed E-state index contributed by atoms with van der Waals surface area (Å²) in [5.41, 5.74) is 5.51. The molecule has 2 N–H and O–H groups in total. The Morgan fingerprint density at radius 1 is 1.17 bits per heavy atom. The maximum absolute atomic E-state index is 5.91. The summed E-state index contributed by atoms with van der Waals surface area (Å²) >= 11 is 0. The summed E-state index contributed by atoms with van der Waals surface area (Å²) in [5, 5.41) is 0. The Bertz CT molecular complexity index is 105. The van der Waals surface area contributed by atoms with E-state index in [1.807, 2.05) is 0 Å². The Balaban J connectivity index is 3.95. The molecule has 0 aromatic carbocycles. The fraction of sp³-hybridized carbons (Fsp3) is 1.00. The van der Waals surface area contributed by atoms with Crippen molar-refractivity contribution < 1.29 is 4.43 Å². The minimum absolute atomic E-state index is 0.807. The van der Waals surface area contributed by atoms with Gasteiger partial charge in [0.1, 0.15) is 0 Å². The second-order valence-electron chi connectivity index (χ2n) is 3.22. The van der Waals surface area contributed by atoms with Crippen molar-refractivity contribution in [3.05, 3.63) is 0 Å². The lowest BCUT2D eigenvalue weighted by Crippen LogP contribution is -2.37. The summed E-state index contributed by atoms with van der Waals surface area (Å²) < 4.78 is 5.91. The van der Waals surface area contributed by atoms with Crippen molar-refractivity contribution >= 4 is 8.32 Å². The van der Waals surface area contributed by atoms with Crippen molar-refractivity contribution in [1.82, 2.24) is 0 Å². The summed E-state index contributed by atoms with van der Waals surface area (Å²) in [6.07, 6.45) is 1.13. The zero-order valence-corrected chi connectivity index (χ0v) is 9.73. The Morgan fingerprint density at radius 3 is 2.08 bits per heavy atom. The molecule has 0 saturated heterocycles. The predicted octanol–water partition coefficient (Wildman–Crippen LogP) is 2.36. The fourth-order valence-electron chi connectivity index (χ4n) is 1.61. The molecule has 0 saturated carbocycles. The summed E-state index contributed by atoms with van der Waals surface area (Å²) in [4.78, 5) is 0. The van der Waals surface area contributed by atoms with E-state index in [-0.39, 0.29) is 0 Å². The van der Waals surface area contributed by atoms with E-state index in [1.165, 1.54) is 18.1 Å². The first-order valence-electron chi connectivity index (χ1n) is 5.08. The van der Waals surface area contributed by atoms with Crippen LogP contribution in [0.15, 0.2) is 0 Å². The molecule has 2 nitrogen and oxygen atoms in total. The van der Waals surface area contributed by atoms with Crippen molar-refractivity contribution in [3.8, 4) is 0 Å². The van der Waals surface area contributed by atoms with E-state index in [0.29, 0.717) is 0 Å². The highest BCUT2D eigenvalue weighted by Gasteiger charge is 2.29. The predicted molar refractivity (Wildman–Crippen MR) is 56.8 cm³/mol. The van der Waals surface area contributed by atoms with Gasteiger partial charge in [0.25, 0.3) is 0 Å². The third kappa shape index (κ3) is 3.69. The lowest BCUT2D eigenvalue weighted by Gasteiger charge is -2.28. The molecule has 0 heterocycles. The first kappa shape index (κ1) is 12.1. The summed E-state index contributed by atoms with van der Waals surface area (Å²) in [6.45, 7) is 8.28. The SMILES string of the molecule is CCO[Si](CC)(CC)CCCN. The van der Waals surface area contributed by atoms with Gasteiger partial charge in [-0.3, -0.25) is 0 Å². The van der Waals surface area contributed by atoms with Crippen LogP contribution in [0.5, 0.6) is 0 Å². The molecule has 0 aliphatic rings. The fourth-order valence-corrected chi connectivity index (χ4v) is 4.83. The molecule has 0 amide bonds. The number of nitrogens with two attached hydrogens (primary N) is 1.